The highest BCUT2D eigenvalue weighted by atomic mass is 16.5. The van der Waals surface area contributed by atoms with E-state index in [1.807, 2.05) is 40.7 Å². The summed E-state index contributed by atoms with van der Waals surface area (Å²) in [5.74, 6) is -0.0725. The van der Waals surface area contributed by atoms with Crippen LogP contribution in [0.4, 0.5) is 0 Å². The van der Waals surface area contributed by atoms with Crippen molar-refractivity contribution in [2.75, 3.05) is 0 Å². The van der Waals surface area contributed by atoms with Crippen molar-refractivity contribution in [1.29, 1.82) is 0 Å². The third kappa shape index (κ3) is 10.6. The average Bonchev–Trinajstić information content (AvgIpc) is 2.00. The summed E-state index contributed by atoms with van der Waals surface area (Å²) in [5, 5.41) is 0. The molecule has 0 aromatic carbocycles. The fourth-order valence-corrected chi connectivity index (χ4v) is 0.696. The van der Waals surface area contributed by atoms with E-state index in [0.29, 0.717) is 0 Å². The first kappa shape index (κ1) is 13.7. The van der Waals surface area contributed by atoms with Gasteiger partial charge in [0.25, 0.3) is 0 Å². The molecule has 0 aromatic rings. The largest absolute Gasteiger partial charge is 0.496 e. The van der Waals surface area contributed by atoms with Crippen molar-refractivity contribution in [3.05, 3.63) is 36.1 Å². The summed E-state index contributed by atoms with van der Waals surface area (Å²) in [6.07, 6.45) is 7.99. The Balaban J connectivity index is 4.05. The Labute approximate surface area is 92.3 Å². The lowest BCUT2D eigenvalue weighted by molar-refractivity contribution is -0.110. The minimum atomic E-state index is -0.250. The van der Waals surface area contributed by atoms with Crippen LogP contribution in [0.2, 0.25) is 0 Å². The molecule has 0 bridgehead atoms. The first-order chi connectivity index (χ1) is 6.81. The fraction of sp³-hybridized carbons (Fsp3) is 0.462. The molecule has 0 radical (unpaired) electrons. The molecule has 0 aliphatic carbocycles. The van der Waals surface area contributed by atoms with Crippen molar-refractivity contribution in [2.45, 2.75) is 40.2 Å². The normalized spacial score (nSPS) is 12.1. The van der Waals surface area contributed by atoms with Gasteiger partial charge in [-0.15, -0.1) is 0 Å². The zero-order valence-electron chi connectivity index (χ0n) is 10.2. The van der Waals surface area contributed by atoms with E-state index < -0.39 is 0 Å². The van der Waals surface area contributed by atoms with Crippen molar-refractivity contribution >= 4 is 5.78 Å². The lowest BCUT2D eigenvalue weighted by Gasteiger charge is -2.17. The number of hydrogen-bond donors (Lipinski definition) is 0. The molecular weight excluding hydrogens is 188 g/mol. The molecule has 84 valence electrons. The van der Waals surface area contributed by atoms with Crippen LogP contribution >= 0.6 is 0 Å². The van der Waals surface area contributed by atoms with Crippen molar-refractivity contribution in [2.24, 2.45) is 0 Å². The number of allylic oxidation sites excluding steroid dienone is 5. The van der Waals surface area contributed by atoms with Gasteiger partial charge in [0.05, 0.1) is 11.9 Å². The Morgan fingerprint density at radius 3 is 2.20 bits per heavy atom. The Hall–Kier alpha value is -1.31. The van der Waals surface area contributed by atoms with E-state index in [0.717, 1.165) is 5.57 Å². The van der Waals surface area contributed by atoms with Crippen LogP contribution in [0.1, 0.15) is 34.6 Å². The summed E-state index contributed by atoms with van der Waals surface area (Å²) in [4.78, 5) is 11.2. The summed E-state index contributed by atoms with van der Waals surface area (Å²) in [6.45, 7) is 9.75. The van der Waals surface area contributed by atoms with Crippen molar-refractivity contribution in [3.63, 3.8) is 0 Å². The highest BCUT2D eigenvalue weighted by Crippen LogP contribution is 2.06. The van der Waals surface area contributed by atoms with Gasteiger partial charge in [-0.1, -0.05) is 17.7 Å². The molecule has 15 heavy (non-hydrogen) atoms. The van der Waals surface area contributed by atoms with Gasteiger partial charge in [0.2, 0.25) is 0 Å². The van der Waals surface area contributed by atoms with Crippen LogP contribution in [-0.4, -0.2) is 11.4 Å². The first-order valence-electron chi connectivity index (χ1n) is 5.01. The van der Waals surface area contributed by atoms with E-state index in [9.17, 15) is 4.79 Å². The second kappa shape index (κ2) is 6.23. The van der Waals surface area contributed by atoms with E-state index in [1.54, 1.807) is 6.08 Å². The van der Waals surface area contributed by atoms with Crippen LogP contribution in [0.25, 0.3) is 0 Å². The molecule has 0 aliphatic heterocycles. The molecule has 0 rings (SSSR count). The highest BCUT2D eigenvalue weighted by Gasteiger charge is 2.07. The van der Waals surface area contributed by atoms with E-state index in [2.05, 4.69) is 0 Å². The number of rotatable bonds is 4. The average molecular weight is 208 g/mol. The molecule has 2 heteroatoms. The number of ketones is 1. The van der Waals surface area contributed by atoms with E-state index in [1.165, 1.54) is 18.4 Å². The molecule has 0 amide bonds. The molecule has 0 atom stereocenters. The predicted molar refractivity (Wildman–Crippen MR) is 63.6 cm³/mol. The third-order valence-corrected chi connectivity index (χ3v) is 1.34. The van der Waals surface area contributed by atoms with E-state index in [-0.39, 0.29) is 11.4 Å². The van der Waals surface area contributed by atoms with E-state index in [4.69, 9.17) is 4.74 Å². The smallest absolute Gasteiger partial charge is 0.181 e. The maximum Gasteiger partial charge on any atom is 0.181 e. The molecular formula is C13H20O2. The quantitative estimate of drug-likeness (QED) is 0.402. The van der Waals surface area contributed by atoms with Gasteiger partial charge in [-0.3, -0.25) is 4.79 Å². The molecule has 0 fully saturated rings. The lowest BCUT2D eigenvalue weighted by Crippen LogP contribution is -2.15. The topological polar surface area (TPSA) is 26.3 Å². The maximum atomic E-state index is 11.2. The molecule has 0 aromatic heterocycles. The second-order valence-corrected chi connectivity index (χ2v) is 4.54. The van der Waals surface area contributed by atoms with Gasteiger partial charge in [0.1, 0.15) is 0 Å². The predicted octanol–water partition coefficient (Wildman–Crippen LogP) is 3.41. The number of carbonyl (C=O) groups excluding carboxylic acids is 1. The summed E-state index contributed by atoms with van der Waals surface area (Å²) in [5.41, 5.74) is 0.911. The molecule has 0 saturated heterocycles. The molecule has 0 heterocycles. The summed E-state index contributed by atoms with van der Waals surface area (Å²) in [7, 11) is 0. The summed E-state index contributed by atoms with van der Waals surface area (Å²) < 4.78 is 5.28. The zero-order chi connectivity index (χ0) is 11.9. The summed E-state index contributed by atoms with van der Waals surface area (Å²) in [6, 6.07) is 0. The molecule has 2 nitrogen and oxygen atoms in total. The van der Waals surface area contributed by atoms with Crippen molar-refractivity contribution < 1.29 is 9.53 Å². The van der Waals surface area contributed by atoms with Crippen LogP contribution in [0.5, 0.6) is 0 Å². The van der Waals surface area contributed by atoms with E-state index >= 15 is 0 Å². The molecule has 0 aliphatic rings. The van der Waals surface area contributed by atoms with Crippen LogP contribution in [-0.2, 0) is 9.53 Å². The SMILES string of the molecule is CC(C)=C/C=C/C(=O)/C=C/OC(C)(C)C. The zero-order valence-corrected chi connectivity index (χ0v) is 10.2. The Bertz CT molecular complexity index is 284. The minimum Gasteiger partial charge on any atom is -0.496 e. The molecule has 0 saturated carbocycles. The minimum absolute atomic E-state index is 0.0725. The van der Waals surface area contributed by atoms with Gasteiger partial charge >= 0.3 is 0 Å². The monoisotopic (exact) mass is 208 g/mol. The number of hydrogen-bond acceptors (Lipinski definition) is 2. The standard InChI is InChI=1S/C13H20O2/c1-11(2)7-6-8-12(14)9-10-15-13(3,4)5/h6-10H,1-5H3/b8-6+,10-9+. The number of carbonyl (C=O) groups is 1. The molecule has 0 N–H and O–H groups in total. The summed E-state index contributed by atoms with van der Waals surface area (Å²) >= 11 is 0. The van der Waals surface area contributed by atoms with Gasteiger partial charge in [0, 0.05) is 6.08 Å². The van der Waals surface area contributed by atoms with Crippen LogP contribution < -0.4 is 0 Å². The van der Waals surface area contributed by atoms with Crippen LogP contribution in [0, 0.1) is 0 Å². The van der Waals surface area contributed by atoms with Gasteiger partial charge < -0.3 is 4.74 Å². The van der Waals surface area contributed by atoms with Gasteiger partial charge in [0.15, 0.2) is 5.78 Å². The third-order valence-electron chi connectivity index (χ3n) is 1.34. The van der Waals surface area contributed by atoms with Gasteiger partial charge in [-0.05, 0) is 40.7 Å². The molecule has 0 spiro atoms. The number of ether oxygens (including phenoxy) is 1. The molecule has 0 unspecified atom stereocenters. The fourth-order valence-electron chi connectivity index (χ4n) is 0.696. The lowest BCUT2D eigenvalue weighted by atomic mass is 10.2. The maximum absolute atomic E-state index is 11.2. The Morgan fingerprint density at radius 2 is 1.73 bits per heavy atom. The van der Waals surface area contributed by atoms with Crippen molar-refractivity contribution in [1.82, 2.24) is 0 Å². The van der Waals surface area contributed by atoms with Crippen molar-refractivity contribution in [3.8, 4) is 0 Å². The van der Waals surface area contributed by atoms with Crippen LogP contribution in [0.3, 0.4) is 0 Å². The van der Waals surface area contributed by atoms with Gasteiger partial charge in [-0.25, -0.2) is 0 Å². The van der Waals surface area contributed by atoms with Gasteiger partial charge in [-0.2, -0.15) is 0 Å². The highest BCUT2D eigenvalue weighted by molar-refractivity contribution is 5.99. The Morgan fingerprint density at radius 1 is 1.13 bits per heavy atom. The first-order valence-corrected chi connectivity index (χ1v) is 5.01. The van der Waals surface area contributed by atoms with Crippen LogP contribution in [0.15, 0.2) is 36.1 Å². The second-order valence-electron chi connectivity index (χ2n) is 4.54. The Kier molecular flexibility index (Phi) is 5.68.